The molecule has 1 fully saturated rings. The van der Waals surface area contributed by atoms with Gasteiger partial charge in [0.05, 0.1) is 24.8 Å². The van der Waals surface area contributed by atoms with Crippen LogP contribution in [0.15, 0.2) is 30.5 Å². The highest BCUT2D eigenvalue weighted by molar-refractivity contribution is 6.09. The van der Waals surface area contributed by atoms with E-state index in [4.69, 9.17) is 4.74 Å². The maximum Gasteiger partial charge on any atom is 0.256 e. The number of fused-ring (bicyclic) bond motifs is 1. The Morgan fingerprint density at radius 1 is 1.38 bits per heavy atom. The summed E-state index contributed by atoms with van der Waals surface area (Å²) in [5.41, 5.74) is 0.651. The summed E-state index contributed by atoms with van der Waals surface area (Å²) in [6, 6.07) is 7.94. The van der Waals surface area contributed by atoms with Gasteiger partial charge in [0.2, 0.25) is 0 Å². The first-order valence-electron chi connectivity index (χ1n) is 7.16. The molecule has 0 aliphatic carbocycles. The molecule has 110 valence electrons. The van der Waals surface area contributed by atoms with Gasteiger partial charge >= 0.3 is 0 Å². The molecular weight excluding hydrogens is 266 g/mol. The Balaban J connectivity index is 2.06. The number of pyridine rings is 1. The maximum atomic E-state index is 12.8. The summed E-state index contributed by atoms with van der Waals surface area (Å²) in [6.07, 6.45) is 1.67. The van der Waals surface area contributed by atoms with Gasteiger partial charge in [0.1, 0.15) is 5.82 Å². The molecule has 0 radical (unpaired) electrons. The van der Waals surface area contributed by atoms with Gasteiger partial charge in [0.15, 0.2) is 0 Å². The number of aromatic nitrogens is 1. The molecule has 1 N–H and O–H groups in total. The minimum absolute atomic E-state index is 0.0251. The Hall–Kier alpha value is -2.14. The third-order valence-electron chi connectivity index (χ3n) is 3.89. The van der Waals surface area contributed by atoms with Crippen LogP contribution in [0, 0.1) is 0 Å². The number of nitrogens with one attached hydrogen (secondary N) is 1. The molecule has 1 saturated heterocycles. The van der Waals surface area contributed by atoms with Crippen molar-refractivity contribution in [2.75, 3.05) is 32.1 Å². The summed E-state index contributed by atoms with van der Waals surface area (Å²) in [7, 11) is 1.83. The van der Waals surface area contributed by atoms with Gasteiger partial charge in [-0.05, 0) is 12.3 Å². The van der Waals surface area contributed by atoms with E-state index in [0.29, 0.717) is 25.3 Å². The van der Waals surface area contributed by atoms with E-state index >= 15 is 0 Å². The zero-order chi connectivity index (χ0) is 14.8. The molecule has 5 heteroatoms. The Morgan fingerprint density at radius 2 is 2.14 bits per heavy atom. The van der Waals surface area contributed by atoms with Crippen LogP contribution in [-0.2, 0) is 4.74 Å². The van der Waals surface area contributed by atoms with Crippen LogP contribution in [0.25, 0.3) is 10.8 Å². The predicted molar refractivity (Wildman–Crippen MR) is 82.6 cm³/mol. The summed E-state index contributed by atoms with van der Waals surface area (Å²) in [6.45, 7) is 3.82. The molecule has 1 amide bonds. The Labute approximate surface area is 123 Å². The SMILES string of the molecule is CNc1ncc(C(=O)N2CCOCC2C)c2ccccc12. The molecule has 1 aromatic heterocycles. The Morgan fingerprint density at radius 3 is 2.86 bits per heavy atom. The third-order valence-corrected chi connectivity index (χ3v) is 3.89. The monoisotopic (exact) mass is 285 g/mol. The molecule has 2 aromatic rings. The van der Waals surface area contributed by atoms with Crippen LogP contribution in [0.1, 0.15) is 17.3 Å². The van der Waals surface area contributed by atoms with Crippen molar-refractivity contribution in [3.05, 3.63) is 36.0 Å². The highest BCUT2D eigenvalue weighted by atomic mass is 16.5. The van der Waals surface area contributed by atoms with E-state index in [-0.39, 0.29) is 11.9 Å². The number of ether oxygens (including phenoxy) is 1. The van der Waals surface area contributed by atoms with Gasteiger partial charge in [-0.1, -0.05) is 24.3 Å². The van der Waals surface area contributed by atoms with Crippen molar-refractivity contribution < 1.29 is 9.53 Å². The fourth-order valence-electron chi connectivity index (χ4n) is 2.75. The number of amides is 1. The van der Waals surface area contributed by atoms with Gasteiger partial charge in [-0.2, -0.15) is 0 Å². The van der Waals surface area contributed by atoms with E-state index in [1.54, 1.807) is 6.20 Å². The first-order valence-corrected chi connectivity index (χ1v) is 7.16. The number of carbonyl (C=O) groups excluding carboxylic acids is 1. The highest BCUT2D eigenvalue weighted by Gasteiger charge is 2.26. The zero-order valence-corrected chi connectivity index (χ0v) is 12.3. The fourth-order valence-corrected chi connectivity index (χ4v) is 2.75. The van der Waals surface area contributed by atoms with Crippen molar-refractivity contribution >= 4 is 22.5 Å². The maximum absolute atomic E-state index is 12.8. The quantitative estimate of drug-likeness (QED) is 0.918. The lowest BCUT2D eigenvalue weighted by Crippen LogP contribution is -2.47. The van der Waals surface area contributed by atoms with Crippen LogP contribution >= 0.6 is 0 Å². The Kier molecular flexibility index (Phi) is 3.75. The largest absolute Gasteiger partial charge is 0.377 e. The molecule has 1 aliphatic heterocycles. The summed E-state index contributed by atoms with van der Waals surface area (Å²) in [5, 5.41) is 4.96. The summed E-state index contributed by atoms with van der Waals surface area (Å²) in [4.78, 5) is 19.1. The van der Waals surface area contributed by atoms with Crippen molar-refractivity contribution in [1.29, 1.82) is 0 Å². The first-order chi connectivity index (χ1) is 10.2. The first kappa shape index (κ1) is 13.8. The van der Waals surface area contributed by atoms with E-state index in [2.05, 4.69) is 10.3 Å². The third kappa shape index (κ3) is 2.45. The van der Waals surface area contributed by atoms with E-state index in [9.17, 15) is 4.79 Å². The van der Waals surface area contributed by atoms with Crippen LogP contribution in [0.4, 0.5) is 5.82 Å². The molecule has 0 spiro atoms. The van der Waals surface area contributed by atoms with Crippen LogP contribution in [-0.4, -0.2) is 48.6 Å². The van der Waals surface area contributed by atoms with Crippen molar-refractivity contribution in [1.82, 2.24) is 9.88 Å². The number of carbonyl (C=O) groups is 1. The van der Waals surface area contributed by atoms with Crippen molar-refractivity contribution in [3.63, 3.8) is 0 Å². The average molecular weight is 285 g/mol. The number of nitrogens with zero attached hydrogens (tertiary/aromatic N) is 2. The minimum atomic E-state index is 0.0251. The normalized spacial score (nSPS) is 18.8. The molecule has 0 saturated carbocycles. The van der Waals surface area contributed by atoms with Gasteiger partial charge in [-0.3, -0.25) is 4.79 Å². The molecule has 1 aliphatic rings. The van der Waals surface area contributed by atoms with Crippen LogP contribution in [0.5, 0.6) is 0 Å². The lowest BCUT2D eigenvalue weighted by atomic mass is 10.0. The minimum Gasteiger partial charge on any atom is -0.377 e. The number of rotatable bonds is 2. The lowest BCUT2D eigenvalue weighted by Gasteiger charge is -2.33. The molecule has 1 atom stereocenters. The van der Waals surface area contributed by atoms with Gasteiger partial charge < -0.3 is 15.0 Å². The van der Waals surface area contributed by atoms with Gasteiger partial charge in [-0.25, -0.2) is 4.98 Å². The number of hydrogen-bond acceptors (Lipinski definition) is 4. The molecule has 1 unspecified atom stereocenters. The fraction of sp³-hybridized carbons (Fsp3) is 0.375. The number of benzene rings is 1. The number of hydrogen-bond donors (Lipinski definition) is 1. The predicted octanol–water partition coefficient (Wildman–Crippen LogP) is 2.14. The van der Waals surface area contributed by atoms with E-state index in [1.807, 2.05) is 43.1 Å². The topological polar surface area (TPSA) is 54.5 Å². The molecule has 21 heavy (non-hydrogen) atoms. The van der Waals surface area contributed by atoms with Crippen LogP contribution < -0.4 is 5.32 Å². The highest BCUT2D eigenvalue weighted by Crippen LogP contribution is 2.25. The van der Waals surface area contributed by atoms with Gasteiger partial charge in [0, 0.05) is 25.2 Å². The number of morpholine rings is 1. The second kappa shape index (κ2) is 5.69. The second-order valence-electron chi connectivity index (χ2n) is 5.24. The second-order valence-corrected chi connectivity index (χ2v) is 5.24. The average Bonchev–Trinajstić information content (AvgIpc) is 2.53. The lowest BCUT2D eigenvalue weighted by molar-refractivity contribution is 0.00368. The Bertz CT molecular complexity index is 672. The van der Waals surface area contributed by atoms with Crippen molar-refractivity contribution in [2.24, 2.45) is 0 Å². The smallest absolute Gasteiger partial charge is 0.256 e. The van der Waals surface area contributed by atoms with Crippen LogP contribution in [0.2, 0.25) is 0 Å². The van der Waals surface area contributed by atoms with E-state index in [1.165, 1.54) is 0 Å². The standard InChI is InChI=1S/C16H19N3O2/c1-11-10-21-8-7-19(11)16(20)14-9-18-15(17-2)13-6-4-3-5-12(13)14/h3-6,9,11H,7-8,10H2,1-2H3,(H,17,18). The molecule has 1 aromatic carbocycles. The summed E-state index contributed by atoms with van der Waals surface area (Å²) >= 11 is 0. The van der Waals surface area contributed by atoms with E-state index < -0.39 is 0 Å². The molecule has 0 bridgehead atoms. The van der Waals surface area contributed by atoms with Crippen molar-refractivity contribution in [2.45, 2.75) is 13.0 Å². The summed E-state index contributed by atoms with van der Waals surface area (Å²) in [5.74, 6) is 0.814. The summed E-state index contributed by atoms with van der Waals surface area (Å²) < 4.78 is 5.40. The number of anilines is 1. The van der Waals surface area contributed by atoms with Gasteiger partial charge in [0.25, 0.3) is 5.91 Å². The molecular formula is C16H19N3O2. The van der Waals surface area contributed by atoms with Crippen LogP contribution in [0.3, 0.4) is 0 Å². The molecule has 5 nitrogen and oxygen atoms in total. The molecule has 3 rings (SSSR count). The van der Waals surface area contributed by atoms with E-state index in [0.717, 1.165) is 16.6 Å². The molecule has 2 heterocycles. The zero-order valence-electron chi connectivity index (χ0n) is 12.3. The van der Waals surface area contributed by atoms with Gasteiger partial charge in [-0.15, -0.1) is 0 Å². The van der Waals surface area contributed by atoms with Crippen molar-refractivity contribution in [3.8, 4) is 0 Å².